The maximum Gasteiger partial charge on any atom is 0.233 e. The van der Waals surface area contributed by atoms with Crippen LogP contribution in [-0.4, -0.2) is 54.3 Å². The van der Waals surface area contributed by atoms with E-state index in [0.29, 0.717) is 31.8 Å². The fraction of sp³-hybridized carbons (Fsp3) is 0.889. The van der Waals surface area contributed by atoms with Crippen LogP contribution < -0.4 is 27.0 Å². The summed E-state index contributed by atoms with van der Waals surface area (Å²) < 4.78 is 13.9. The standard InChI is InChI=1S/C18H32ClFN6O2/c1-9(2)22-18(24-17(27)14-8-21-28-10(14)3)23-16-7-15(25-26-16)11-4-12(19)6-13(20)5-11/h9-16,21,25-26H,4-8H2,1-3H3,(H2,22,23,24,27). The molecule has 0 aromatic carbocycles. The molecular weight excluding hydrogens is 387 g/mol. The van der Waals surface area contributed by atoms with E-state index >= 15 is 0 Å². The summed E-state index contributed by atoms with van der Waals surface area (Å²) in [5, 5.41) is 5.97. The van der Waals surface area contributed by atoms with Crippen molar-refractivity contribution in [1.29, 1.82) is 0 Å². The smallest absolute Gasteiger partial charge is 0.233 e. The Bertz CT molecular complexity index is 570. The largest absolute Gasteiger partial charge is 0.354 e. The minimum atomic E-state index is -0.840. The summed E-state index contributed by atoms with van der Waals surface area (Å²) in [7, 11) is 0. The average Bonchev–Trinajstić information content (AvgIpc) is 3.22. The number of hydroxylamine groups is 1. The summed E-state index contributed by atoms with van der Waals surface area (Å²) in [5.41, 5.74) is 9.15. The van der Waals surface area contributed by atoms with Gasteiger partial charge in [0.1, 0.15) is 12.3 Å². The van der Waals surface area contributed by atoms with Gasteiger partial charge in [0.15, 0.2) is 5.96 Å². The molecule has 0 aromatic rings. The molecule has 5 N–H and O–H groups in total. The topological polar surface area (TPSA) is 98.8 Å². The Labute approximate surface area is 170 Å². The van der Waals surface area contributed by atoms with E-state index < -0.39 is 6.17 Å². The molecule has 3 rings (SSSR count). The Morgan fingerprint density at radius 3 is 2.68 bits per heavy atom. The normalized spacial score (nSPS) is 39.4. The fourth-order valence-electron chi connectivity index (χ4n) is 4.08. The third-order valence-electron chi connectivity index (χ3n) is 5.54. The molecule has 2 saturated heterocycles. The van der Waals surface area contributed by atoms with Crippen LogP contribution >= 0.6 is 11.6 Å². The van der Waals surface area contributed by atoms with Crippen molar-refractivity contribution >= 4 is 23.5 Å². The second-order valence-corrected chi connectivity index (χ2v) is 8.97. The van der Waals surface area contributed by atoms with Gasteiger partial charge in [0.25, 0.3) is 0 Å². The molecule has 28 heavy (non-hydrogen) atoms. The monoisotopic (exact) mass is 418 g/mol. The average molecular weight is 419 g/mol. The van der Waals surface area contributed by atoms with Crippen LogP contribution in [0.1, 0.15) is 46.5 Å². The molecule has 3 aliphatic rings. The van der Waals surface area contributed by atoms with Crippen LogP contribution in [0.2, 0.25) is 0 Å². The zero-order valence-electron chi connectivity index (χ0n) is 16.7. The summed E-state index contributed by atoms with van der Waals surface area (Å²) in [4.78, 5) is 22.5. The maximum atomic E-state index is 13.9. The number of hydrogen-bond acceptors (Lipinski definition) is 6. The summed E-state index contributed by atoms with van der Waals surface area (Å²) in [5.74, 6) is 0.203. The van der Waals surface area contributed by atoms with Crippen LogP contribution in [0.25, 0.3) is 0 Å². The van der Waals surface area contributed by atoms with Crippen LogP contribution in [0, 0.1) is 11.8 Å². The summed E-state index contributed by atoms with van der Waals surface area (Å²) in [6.07, 6.45) is 1.23. The first-order chi connectivity index (χ1) is 13.3. The molecule has 0 spiro atoms. The van der Waals surface area contributed by atoms with Crippen molar-refractivity contribution in [3.63, 3.8) is 0 Å². The van der Waals surface area contributed by atoms with Crippen molar-refractivity contribution in [1.82, 2.24) is 27.0 Å². The molecular formula is C18H32ClFN6O2. The number of carbonyl (C=O) groups excluding carboxylic acids is 1. The molecule has 1 amide bonds. The van der Waals surface area contributed by atoms with Crippen molar-refractivity contribution in [2.24, 2.45) is 16.8 Å². The van der Waals surface area contributed by atoms with Gasteiger partial charge in [-0.05, 0) is 46.0 Å². The zero-order chi connectivity index (χ0) is 20.3. The van der Waals surface area contributed by atoms with Gasteiger partial charge >= 0.3 is 0 Å². The van der Waals surface area contributed by atoms with Crippen LogP contribution in [0.5, 0.6) is 0 Å². The molecule has 160 valence electrons. The van der Waals surface area contributed by atoms with Crippen LogP contribution in [0.3, 0.4) is 0 Å². The van der Waals surface area contributed by atoms with Gasteiger partial charge in [0.05, 0.1) is 12.0 Å². The summed E-state index contributed by atoms with van der Waals surface area (Å²) in [6, 6.07) is 0.222. The lowest BCUT2D eigenvalue weighted by molar-refractivity contribution is -0.124. The molecule has 10 heteroatoms. The minimum Gasteiger partial charge on any atom is -0.354 e. The lowest BCUT2D eigenvalue weighted by Gasteiger charge is -2.31. The number of halogens is 2. The molecule has 0 radical (unpaired) electrons. The van der Waals surface area contributed by atoms with Gasteiger partial charge < -0.3 is 5.32 Å². The molecule has 2 aliphatic heterocycles. The van der Waals surface area contributed by atoms with Gasteiger partial charge in [-0.1, -0.05) is 0 Å². The first-order valence-corrected chi connectivity index (χ1v) is 10.6. The van der Waals surface area contributed by atoms with Crippen LogP contribution in [0.15, 0.2) is 4.99 Å². The summed E-state index contributed by atoms with van der Waals surface area (Å²) in [6.45, 7) is 6.30. The van der Waals surface area contributed by atoms with E-state index in [1.165, 1.54) is 0 Å². The molecule has 1 aliphatic carbocycles. The molecule has 2 heterocycles. The number of carbonyl (C=O) groups is 1. The first-order valence-electron chi connectivity index (χ1n) is 10.1. The van der Waals surface area contributed by atoms with Crippen LogP contribution in [-0.2, 0) is 9.63 Å². The first kappa shape index (κ1) is 21.7. The highest BCUT2D eigenvalue weighted by atomic mass is 35.5. The Kier molecular flexibility index (Phi) is 7.49. The van der Waals surface area contributed by atoms with E-state index in [-0.39, 0.29) is 47.5 Å². The number of hydrogen-bond donors (Lipinski definition) is 5. The van der Waals surface area contributed by atoms with E-state index in [4.69, 9.17) is 16.4 Å². The SMILES string of the molecule is CC(C)N/C(=N\C1CC(C2CC(F)CC(Cl)C2)NN1)NC(=O)C1CNOC1C. The molecule has 1 saturated carbocycles. The van der Waals surface area contributed by atoms with E-state index in [1.54, 1.807) is 0 Å². The lowest BCUT2D eigenvalue weighted by atomic mass is 9.82. The molecule has 7 atom stereocenters. The van der Waals surface area contributed by atoms with Crippen molar-refractivity contribution in [3.8, 4) is 0 Å². The fourth-order valence-corrected chi connectivity index (χ4v) is 4.50. The quantitative estimate of drug-likeness (QED) is 0.265. The van der Waals surface area contributed by atoms with Gasteiger partial charge in [0.2, 0.25) is 5.91 Å². The Balaban J connectivity index is 1.60. The van der Waals surface area contributed by atoms with Gasteiger partial charge in [-0.2, -0.15) is 0 Å². The summed E-state index contributed by atoms with van der Waals surface area (Å²) >= 11 is 6.21. The minimum absolute atomic E-state index is 0.108. The van der Waals surface area contributed by atoms with Crippen LogP contribution in [0.4, 0.5) is 4.39 Å². The molecule has 0 bridgehead atoms. The van der Waals surface area contributed by atoms with Gasteiger partial charge in [-0.15, -0.1) is 11.6 Å². The number of nitrogens with one attached hydrogen (secondary N) is 5. The number of aliphatic imine (C=N–C) groups is 1. The van der Waals surface area contributed by atoms with E-state index in [1.807, 2.05) is 20.8 Å². The number of hydrazine groups is 1. The van der Waals surface area contributed by atoms with E-state index in [0.717, 1.165) is 6.42 Å². The molecule has 8 nitrogen and oxygen atoms in total. The molecule has 0 aromatic heterocycles. The van der Waals surface area contributed by atoms with E-state index in [9.17, 15) is 9.18 Å². The number of alkyl halides is 2. The zero-order valence-corrected chi connectivity index (χ0v) is 17.4. The van der Waals surface area contributed by atoms with Gasteiger partial charge in [0, 0.05) is 30.4 Å². The van der Waals surface area contributed by atoms with E-state index in [2.05, 4.69) is 32.0 Å². The number of rotatable bonds is 4. The molecule has 3 fully saturated rings. The Hall–Kier alpha value is -1.00. The number of nitrogens with zero attached hydrogens (tertiary/aromatic N) is 1. The maximum absolute atomic E-state index is 13.9. The predicted octanol–water partition coefficient (Wildman–Crippen LogP) is 0.934. The van der Waals surface area contributed by atoms with Crippen molar-refractivity contribution < 1.29 is 14.0 Å². The number of amides is 1. The van der Waals surface area contributed by atoms with Crippen molar-refractivity contribution in [2.75, 3.05) is 6.54 Å². The third-order valence-corrected chi connectivity index (χ3v) is 5.89. The highest BCUT2D eigenvalue weighted by Gasteiger charge is 2.37. The van der Waals surface area contributed by atoms with Crippen molar-refractivity contribution in [3.05, 3.63) is 0 Å². The second-order valence-electron chi connectivity index (χ2n) is 8.35. The lowest BCUT2D eigenvalue weighted by Crippen LogP contribution is -2.48. The third kappa shape index (κ3) is 5.76. The second kappa shape index (κ2) is 9.67. The predicted molar refractivity (Wildman–Crippen MR) is 106 cm³/mol. The van der Waals surface area contributed by atoms with Gasteiger partial charge in [-0.25, -0.2) is 20.3 Å². The molecule has 7 unspecified atom stereocenters. The van der Waals surface area contributed by atoms with Gasteiger partial charge in [-0.3, -0.25) is 20.4 Å². The van der Waals surface area contributed by atoms with Crippen molar-refractivity contribution in [2.45, 2.75) is 82.4 Å². The Morgan fingerprint density at radius 2 is 2.04 bits per heavy atom. The highest BCUT2D eigenvalue weighted by molar-refractivity contribution is 6.20. The number of guanidine groups is 1. The highest BCUT2D eigenvalue weighted by Crippen LogP contribution is 2.34. The Morgan fingerprint density at radius 1 is 1.25 bits per heavy atom.